The van der Waals surface area contributed by atoms with Gasteiger partial charge in [0.05, 0.1) is 6.61 Å². The van der Waals surface area contributed by atoms with Gasteiger partial charge in [0.25, 0.3) is 23.9 Å². The third kappa shape index (κ3) is 65.4. The lowest BCUT2D eigenvalue weighted by Crippen LogP contribution is -2.46. The highest BCUT2D eigenvalue weighted by atomic mass is 16.4. The molecule has 0 aliphatic heterocycles. The van der Waals surface area contributed by atoms with E-state index in [0.29, 0.717) is 0 Å². The van der Waals surface area contributed by atoms with Crippen molar-refractivity contribution in [2.45, 2.75) is 52.1 Å². The van der Waals surface area contributed by atoms with Crippen molar-refractivity contribution in [2.75, 3.05) is 6.61 Å². The van der Waals surface area contributed by atoms with E-state index in [-0.39, 0.29) is 6.29 Å². The van der Waals surface area contributed by atoms with Crippen LogP contribution in [0.15, 0.2) is 0 Å². The molecule has 0 amide bonds. The molecule has 14 heteroatoms. The quantitative estimate of drug-likeness (QED) is 0.200. The van der Waals surface area contributed by atoms with Crippen LogP contribution >= 0.6 is 0 Å². The zero-order chi connectivity index (χ0) is 24.0. The highest BCUT2D eigenvalue weighted by Crippen LogP contribution is 2.02. The fraction of sp³-hybridized carbons (Fsp3) is 0.643. The van der Waals surface area contributed by atoms with Crippen LogP contribution in [-0.2, 0) is 24.0 Å². The number of hydrogen-bond acceptors (Lipinski definition) is 10. The molecule has 0 spiro atoms. The number of aliphatic carboxylic acids is 4. The van der Waals surface area contributed by atoms with Gasteiger partial charge in [-0.25, -0.2) is 0 Å². The maximum absolute atomic E-state index is 9.90. The van der Waals surface area contributed by atoms with Gasteiger partial charge >= 0.3 is 0 Å². The Morgan fingerprint density at radius 3 is 1.04 bits per heavy atom. The molecule has 168 valence electrons. The van der Waals surface area contributed by atoms with E-state index in [1.165, 1.54) is 0 Å². The van der Waals surface area contributed by atoms with Gasteiger partial charge < -0.3 is 50.8 Å². The maximum Gasteiger partial charge on any atom is 0.300 e. The number of carbonyl (C=O) groups excluding carboxylic acids is 1. The first-order chi connectivity index (χ1) is 12.5. The molecule has 0 bridgehead atoms. The number of aliphatic hydroxyl groups is 5. The first-order valence-electron chi connectivity index (χ1n) is 7.04. The molecule has 0 fully saturated rings. The van der Waals surface area contributed by atoms with Gasteiger partial charge in [-0.3, -0.25) is 19.2 Å². The minimum atomic E-state index is -1.79. The van der Waals surface area contributed by atoms with E-state index in [0.717, 1.165) is 27.7 Å². The molecule has 0 unspecified atom stereocenters. The summed E-state index contributed by atoms with van der Waals surface area (Å²) < 4.78 is 0. The third-order valence-corrected chi connectivity index (χ3v) is 1.42. The molecule has 0 aliphatic carbocycles. The Labute approximate surface area is 159 Å². The zero-order valence-corrected chi connectivity index (χ0v) is 15.7. The molecule has 28 heavy (non-hydrogen) atoms. The Morgan fingerprint density at radius 1 is 0.679 bits per heavy atom. The standard InChI is InChI=1S/C6H12O6.4C2H4O2/c7-1-3(9)5(11)6(12)4(10)2-8;4*1-2(3)4/h1,3-6,8-12H,2H2;4*1H3,(H,3,4)/t3-,4+,5+,6+;;;;/m0..../s1. The molecule has 14 nitrogen and oxygen atoms in total. The fourth-order valence-electron chi connectivity index (χ4n) is 0.618. The van der Waals surface area contributed by atoms with Gasteiger partial charge in [-0.2, -0.15) is 0 Å². The van der Waals surface area contributed by atoms with Crippen LogP contribution in [0.1, 0.15) is 27.7 Å². The first kappa shape index (κ1) is 36.3. The van der Waals surface area contributed by atoms with Crippen molar-refractivity contribution in [3.05, 3.63) is 0 Å². The van der Waals surface area contributed by atoms with Crippen LogP contribution in [-0.4, -0.2) is 107 Å². The molecular weight excluding hydrogens is 392 g/mol. The molecule has 0 aromatic heterocycles. The summed E-state index contributed by atoms with van der Waals surface area (Å²) in [5.41, 5.74) is 0. The molecule has 0 radical (unpaired) electrons. The van der Waals surface area contributed by atoms with Gasteiger partial charge in [-0.05, 0) is 0 Å². The Morgan fingerprint density at radius 2 is 0.893 bits per heavy atom. The number of rotatable bonds is 5. The van der Waals surface area contributed by atoms with Crippen LogP contribution in [0.4, 0.5) is 0 Å². The topological polar surface area (TPSA) is 267 Å². The Balaban J connectivity index is -0.0000000910. The summed E-state index contributed by atoms with van der Waals surface area (Å²) in [5, 5.41) is 73.2. The normalized spacial score (nSPS) is 12.6. The second-order valence-corrected chi connectivity index (χ2v) is 4.43. The molecular formula is C14H28O14. The number of aldehydes is 1. The highest BCUT2D eigenvalue weighted by molar-refractivity contribution is 5.63. The van der Waals surface area contributed by atoms with Crippen molar-refractivity contribution in [1.29, 1.82) is 0 Å². The van der Waals surface area contributed by atoms with Gasteiger partial charge in [-0.1, -0.05) is 0 Å². The Kier molecular flexibility index (Phi) is 31.6. The number of hydrogen-bond donors (Lipinski definition) is 9. The molecule has 0 saturated carbocycles. The Bertz CT molecular complexity index is 372. The maximum atomic E-state index is 9.90. The summed E-state index contributed by atoms with van der Waals surface area (Å²) in [6.07, 6.45) is -6.84. The number of aliphatic hydroxyl groups excluding tert-OH is 5. The summed E-state index contributed by atoms with van der Waals surface area (Å²) in [5.74, 6) is -3.33. The average Bonchev–Trinajstić information content (AvgIpc) is 2.49. The zero-order valence-electron chi connectivity index (χ0n) is 15.7. The summed E-state index contributed by atoms with van der Waals surface area (Å²) in [6, 6.07) is 0. The van der Waals surface area contributed by atoms with Crippen LogP contribution < -0.4 is 0 Å². The second-order valence-electron chi connectivity index (χ2n) is 4.43. The van der Waals surface area contributed by atoms with Crippen LogP contribution in [0.2, 0.25) is 0 Å². The predicted molar refractivity (Wildman–Crippen MR) is 90.4 cm³/mol. The van der Waals surface area contributed by atoms with E-state index in [1.807, 2.05) is 0 Å². The van der Waals surface area contributed by atoms with E-state index in [1.54, 1.807) is 0 Å². The van der Waals surface area contributed by atoms with Gasteiger partial charge in [0, 0.05) is 27.7 Å². The van der Waals surface area contributed by atoms with Gasteiger partial charge in [0.2, 0.25) is 0 Å². The first-order valence-corrected chi connectivity index (χ1v) is 7.04. The molecule has 0 rings (SSSR count). The lowest BCUT2D eigenvalue weighted by molar-refractivity contribution is -0.136. The fourth-order valence-corrected chi connectivity index (χ4v) is 0.618. The third-order valence-electron chi connectivity index (χ3n) is 1.42. The number of carbonyl (C=O) groups is 5. The van der Waals surface area contributed by atoms with Crippen molar-refractivity contribution in [2.24, 2.45) is 0 Å². The number of carboxylic acid groups (broad SMARTS) is 4. The smallest absolute Gasteiger partial charge is 0.300 e. The number of carboxylic acids is 4. The largest absolute Gasteiger partial charge is 0.481 e. The van der Waals surface area contributed by atoms with Crippen LogP contribution in [0, 0.1) is 0 Å². The van der Waals surface area contributed by atoms with Gasteiger partial charge in [0.15, 0.2) is 6.29 Å². The van der Waals surface area contributed by atoms with Crippen molar-refractivity contribution in [1.82, 2.24) is 0 Å². The van der Waals surface area contributed by atoms with Crippen LogP contribution in [0.25, 0.3) is 0 Å². The molecule has 0 aromatic rings. The predicted octanol–water partition coefficient (Wildman–Crippen LogP) is -3.02. The van der Waals surface area contributed by atoms with E-state index < -0.39 is 54.9 Å². The highest BCUT2D eigenvalue weighted by Gasteiger charge is 2.29. The molecule has 0 aliphatic rings. The van der Waals surface area contributed by atoms with Crippen molar-refractivity contribution in [3.63, 3.8) is 0 Å². The van der Waals surface area contributed by atoms with E-state index >= 15 is 0 Å². The van der Waals surface area contributed by atoms with Crippen molar-refractivity contribution in [3.8, 4) is 0 Å². The van der Waals surface area contributed by atoms with Gasteiger partial charge in [-0.15, -0.1) is 0 Å². The average molecular weight is 420 g/mol. The molecule has 4 atom stereocenters. The monoisotopic (exact) mass is 420 g/mol. The molecule has 0 saturated heterocycles. The SMILES string of the molecule is CC(=O)O.CC(=O)O.CC(=O)O.CC(=O)O.O=C[C@H](O)[C@@H](O)[C@H](O)[C@H](O)CO. The summed E-state index contributed by atoms with van der Waals surface area (Å²) >= 11 is 0. The minimum absolute atomic E-state index is 0.0258. The van der Waals surface area contributed by atoms with E-state index in [4.69, 9.17) is 65.1 Å². The van der Waals surface area contributed by atoms with Crippen LogP contribution in [0.3, 0.4) is 0 Å². The Hall–Kier alpha value is -2.65. The minimum Gasteiger partial charge on any atom is -0.481 e. The summed E-state index contributed by atoms with van der Waals surface area (Å²) in [6.45, 7) is 3.57. The molecule has 9 N–H and O–H groups in total. The van der Waals surface area contributed by atoms with Gasteiger partial charge in [0.1, 0.15) is 24.4 Å². The lowest BCUT2D eigenvalue weighted by Gasteiger charge is -2.22. The molecule has 0 aromatic carbocycles. The van der Waals surface area contributed by atoms with E-state index in [9.17, 15) is 4.79 Å². The van der Waals surface area contributed by atoms with E-state index in [2.05, 4.69) is 0 Å². The van der Waals surface area contributed by atoms with Crippen molar-refractivity contribution < 1.29 is 69.9 Å². The van der Waals surface area contributed by atoms with Crippen LogP contribution in [0.5, 0.6) is 0 Å². The molecule has 0 heterocycles. The van der Waals surface area contributed by atoms with Crippen molar-refractivity contribution >= 4 is 30.2 Å². The second kappa shape index (κ2) is 24.4. The summed E-state index contributed by atoms with van der Waals surface area (Å²) in [7, 11) is 0. The lowest BCUT2D eigenvalue weighted by atomic mass is 10.0. The summed E-state index contributed by atoms with van der Waals surface area (Å²) in [4.78, 5) is 45.9.